The van der Waals surface area contributed by atoms with E-state index in [4.69, 9.17) is 13.1 Å². The Bertz CT molecular complexity index is 6470. The molecule has 0 aliphatic heterocycles. The summed E-state index contributed by atoms with van der Waals surface area (Å²) in [6, 6.07) is 114. The van der Waals surface area contributed by atoms with Gasteiger partial charge in [-0.05, 0) is 234 Å². The van der Waals surface area contributed by atoms with Gasteiger partial charge in [0.25, 0.3) is 0 Å². The quantitative estimate of drug-likeness (QED) is 0.117. The van der Waals surface area contributed by atoms with E-state index in [1.165, 1.54) is 141 Å². The lowest BCUT2D eigenvalue weighted by molar-refractivity contribution is 1.18. The van der Waals surface area contributed by atoms with E-state index in [1.807, 2.05) is 36.4 Å². The summed E-state index contributed by atoms with van der Waals surface area (Å²) in [4.78, 5) is 7.45. The Hall–Kier alpha value is -12.9. The molecule has 0 unspecified atom stereocenters. The highest BCUT2D eigenvalue weighted by molar-refractivity contribution is 6.26. The second kappa shape index (κ2) is 20.9. The molecule has 4 heteroatoms. The molecule has 432 valence electrons. The highest BCUT2D eigenvalue weighted by atomic mass is 15.0. The van der Waals surface area contributed by atoms with E-state index in [0.717, 1.165) is 44.2 Å². The largest absolute Gasteiger partial charge is 0.310 e. The molecule has 0 spiro atoms. The highest BCUT2D eigenvalue weighted by Gasteiger charge is 2.20. The van der Waals surface area contributed by atoms with Crippen molar-refractivity contribution in [3.05, 3.63) is 338 Å². The molecule has 18 aromatic carbocycles. The second-order valence-electron chi connectivity index (χ2n) is 25.0. The number of fused-ring (bicyclic) bond motifs is 8. The van der Waals surface area contributed by atoms with Crippen LogP contribution in [-0.4, -0.2) is 9.13 Å². The van der Waals surface area contributed by atoms with Gasteiger partial charge in [0.15, 0.2) is 11.4 Å². The van der Waals surface area contributed by atoms with Gasteiger partial charge in [0.1, 0.15) is 0 Å². The molecule has 20 rings (SSSR count). The average Bonchev–Trinajstić information content (AvgIpc) is 0.888. The molecule has 0 saturated carbocycles. The molecule has 0 amide bonds. The smallest absolute Gasteiger partial charge is 0.189 e. The SMILES string of the molecule is [C-]#[N+]c1ccc2c3ccc(-c4cc5ccc6cc(-c7ccc8ccccc8c7)cc7ccc(c4)c5c67)cc3n(-c3ccccc3)c2c1.[C-]#[N+]c1ccc2c3ccc(-c4cc5ccc6cc(-c7cccc8ccccc78)cc7ccc(c4)c5c67)cc3n(-c3ccccc3)c2c1. The van der Waals surface area contributed by atoms with Crippen molar-refractivity contribution in [1.29, 1.82) is 0 Å². The van der Waals surface area contributed by atoms with Gasteiger partial charge < -0.3 is 9.13 Å². The van der Waals surface area contributed by atoms with Crippen molar-refractivity contribution in [3.63, 3.8) is 0 Å². The van der Waals surface area contributed by atoms with Crippen molar-refractivity contribution in [3.8, 4) is 55.9 Å². The zero-order chi connectivity index (χ0) is 62.1. The number of hydrogen-bond donors (Lipinski definition) is 0. The van der Waals surface area contributed by atoms with E-state index in [9.17, 15) is 0 Å². The first kappa shape index (κ1) is 53.0. The maximum absolute atomic E-state index is 7.62. The van der Waals surface area contributed by atoms with Crippen LogP contribution >= 0.6 is 0 Å². The molecular weight excluding hydrogens is 1140 g/mol. The fourth-order valence-electron chi connectivity index (χ4n) is 15.4. The van der Waals surface area contributed by atoms with E-state index in [1.54, 1.807) is 0 Å². The fourth-order valence-corrected chi connectivity index (χ4v) is 15.4. The molecule has 2 heterocycles. The van der Waals surface area contributed by atoms with Gasteiger partial charge in [0, 0.05) is 44.0 Å². The molecule has 0 aliphatic carbocycles. The van der Waals surface area contributed by atoms with Crippen LogP contribution in [0.1, 0.15) is 0 Å². The van der Waals surface area contributed by atoms with E-state index < -0.39 is 0 Å². The maximum Gasteiger partial charge on any atom is 0.189 e. The Balaban J connectivity index is 0.000000133. The third kappa shape index (κ3) is 8.38. The van der Waals surface area contributed by atoms with Gasteiger partial charge in [0.05, 0.1) is 24.2 Å². The van der Waals surface area contributed by atoms with Crippen molar-refractivity contribution in [2.24, 2.45) is 0 Å². The van der Waals surface area contributed by atoms with Crippen LogP contribution in [0.4, 0.5) is 11.4 Å². The van der Waals surface area contributed by atoms with Crippen molar-refractivity contribution in [1.82, 2.24) is 9.13 Å². The lowest BCUT2D eigenvalue weighted by Crippen LogP contribution is -1.93. The standard InChI is InChI=1S/2C45H26N2/c1-46-36-19-21-41-40-20-18-29(26-42(40)47(43(41)27-36)37-10-3-2-4-11-37)34-22-30-14-16-32-24-35(25-33-17-15-31(23-34)44(30)45(32)33)39-13-7-9-28-8-5-6-12-38(28)39;1-46-38-18-20-41-40-19-17-31(26-42(40)47(43(41)27-38)39-9-3-2-4-10-39)37-24-34-15-13-32-22-36(23-33-14-16-35(25-37)45(34)44(32)33)30-12-11-28-7-5-6-8-29(28)21-30/h2*2-27H. The minimum atomic E-state index is 0.647. The van der Waals surface area contributed by atoms with Crippen LogP contribution in [0.2, 0.25) is 0 Å². The van der Waals surface area contributed by atoms with Gasteiger partial charge in [-0.25, -0.2) is 9.69 Å². The molecule has 0 bridgehead atoms. The van der Waals surface area contributed by atoms with Gasteiger partial charge in [-0.15, -0.1) is 0 Å². The molecule has 0 radical (unpaired) electrons. The average molecular weight is 1190 g/mol. The number of hydrogen-bond acceptors (Lipinski definition) is 0. The number of benzene rings is 18. The van der Waals surface area contributed by atoms with Gasteiger partial charge in [-0.2, -0.15) is 0 Å². The molecule has 0 N–H and O–H groups in total. The molecule has 4 nitrogen and oxygen atoms in total. The first-order chi connectivity index (χ1) is 46.4. The van der Waals surface area contributed by atoms with E-state index in [-0.39, 0.29) is 0 Å². The Morgan fingerprint density at radius 1 is 0.202 bits per heavy atom. The molecule has 2 aromatic heterocycles. The normalized spacial score (nSPS) is 11.8. The zero-order valence-electron chi connectivity index (χ0n) is 50.8. The van der Waals surface area contributed by atoms with Crippen LogP contribution in [-0.2, 0) is 0 Å². The van der Waals surface area contributed by atoms with Crippen molar-refractivity contribution in [2.75, 3.05) is 0 Å². The predicted molar refractivity (Wildman–Crippen MR) is 398 cm³/mol. The van der Waals surface area contributed by atoms with E-state index in [2.05, 4.69) is 298 Å². The van der Waals surface area contributed by atoms with Gasteiger partial charge in [-0.3, -0.25) is 0 Å². The summed E-state index contributed by atoms with van der Waals surface area (Å²) in [7, 11) is 0. The van der Waals surface area contributed by atoms with Gasteiger partial charge in [0.2, 0.25) is 0 Å². The van der Waals surface area contributed by atoms with Crippen molar-refractivity contribution in [2.45, 2.75) is 0 Å². The number of nitrogens with zero attached hydrogens (tertiary/aromatic N) is 4. The lowest BCUT2D eigenvalue weighted by Gasteiger charge is -2.15. The third-order valence-electron chi connectivity index (χ3n) is 19.7. The molecule has 0 atom stereocenters. The van der Waals surface area contributed by atoms with Crippen LogP contribution in [0.15, 0.2) is 315 Å². The Morgan fingerprint density at radius 3 is 0.957 bits per heavy atom. The fraction of sp³-hybridized carbons (Fsp3) is 0. The Labute approximate surface area is 541 Å². The highest BCUT2D eigenvalue weighted by Crippen LogP contribution is 2.45. The third-order valence-corrected chi connectivity index (χ3v) is 19.7. The summed E-state index contributed by atoms with van der Waals surface area (Å²) in [5, 5.41) is 25.1. The minimum absolute atomic E-state index is 0.647. The number of para-hydroxylation sites is 2. The topological polar surface area (TPSA) is 18.6 Å². The van der Waals surface area contributed by atoms with Crippen molar-refractivity contribution < 1.29 is 0 Å². The van der Waals surface area contributed by atoms with Crippen LogP contribution in [0.3, 0.4) is 0 Å². The Morgan fingerprint density at radius 2 is 0.521 bits per heavy atom. The summed E-state index contributed by atoms with van der Waals surface area (Å²) in [5.41, 5.74) is 17.6. The molecule has 0 fully saturated rings. The summed E-state index contributed by atoms with van der Waals surface area (Å²) in [6.07, 6.45) is 0. The monoisotopic (exact) mass is 1190 g/mol. The molecular formula is C90H52N4. The van der Waals surface area contributed by atoms with Gasteiger partial charge in [-0.1, -0.05) is 212 Å². The van der Waals surface area contributed by atoms with Crippen molar-refractivity contribution >= 4 is 141 Å². The number of rotatable bonds is 6. The van der Waals surface area contributed by atoms with E-state index >= 15 is 0 Å². The summed E-state index contributed by atoms with van der Waals surface area (Å²) in [6.45, 7) is 15.2. The molecule has 0 saturated heterocycles. The summed E-state index contributed by atoms with van der Waals surface area (Å²) >= 11 is 0. The molecule has 94 heavy (non-hydrogen) atoms. The zero-order valence-corrected chi connectivity index (χ0v) is 50.8. The first-order valence-corrected chi connectivity index (χ1v) is 31.9. The molecule has 0 aliphatic rings. The van der Waals surface area contributed by atoms with Crippen LogP contribution in [0.5, 0.6) is 0 Å². The lowest BCUT2D eigenvalue weighted by atomic mass is 9.88. The summed E-state index contributed by atoms with van der Waals surface area (Å²) in [5.74, 6) is 0. The summed E-state index contributed by atoms with van der Waals surface area (Å²) < 4.78 is 4.59. The minimum Gasteiger partial charge on any atom is -0.310 e. The maximum atomic E-state index is 7.62. The molecule has 20 aromatic rings. The predicted octanol–water partition coefficient (Wildman–Crippen LogP) is 25.4. The van der Waals surface area contributed by atoms with Gasteiger partial charge >= 0.3 is 0 Å². The Kier molecular flexibility index (Phi) is 11.8. The van der Waals surface area contributed by atoms with Crippen LogP contribution < -0.4 is 0 Å². The second-order valence-corrected chi connectivity index (χ2v) is 25.0. The van der Waals surface area contributed by atoms with Crippen LogP contribution in [0, 0.1) is 13.1 Å². The van der Waals surface area contributed by atoms with Crippen LogP contribution in [0.25, 0.3) is 195 Å². The van der Waals surface area contributed by atoms with E-state index in [0.29, 0.717) is 11.4 Å². The number of aromatic nitrogens is 2. The first-order valence-electron chi connectivity index (χ1n) is 31.9.